The molecule has 3 rings (SSSR count). The Kier molecular flexibility index (Phi) is 6.94. The molecule has 116 valence electrons. The molecule has 0 aliphatic carbocycles. The van der Waals surface area contributed by atoms with Gasteiger partial charge in [-0.05, 0) is 18.9 Å². The second kappa shape index (κ2) is 7.99. The summed E-state index contributed by atoms with van der Waals surface area (Å²) in [7, 11) is 0. The Hall–Kier alpha value is -0.810. The van der Waals surface area contributed by atoms with Crippen molar-refractivity contribution >= 4 is 41.3 Å². The molecule has 1 aromatic carbocycles. The average Bonchev–Trinajstić information content (AvgIpc) is 2.66. The van der Waals surface area contributed by atoms with Crippen LogP contribution in [0.1, 0.15) is 21.7 Å². The highest BCUT2D eigenvalue weighted by atomic mass is 35.5. The summed E-state index contributed by atoms with van der Waals surface area (Å²) >= 11 is 1.65. The maximum Gasteiger partial charge on any atom is 0.180 e. The first kappa shape index (κ1) is 18.2. The summed E-state index contributed by atoms with van der Waals surface area (Å²) in [5, 5.41) is 0.719. The van der Waals surface area contributed by atoms with Gasteiger partial charge in [-0.1, -0.05) is 29.8 Å². The molecule has 1 aliphatic heterocycles. The summed E-state index contributed by atoms with van der Waals surface area (Å²) in [5.41, 5.74) is 9.70. The quantitative estimate of drug-likeness (QED) is 0.905. The van der Waals surface area contributed by atoms with Gasteiger partial charge in [-0.15, -0.1) is 36.2 Å². The second-order valence-electron chi connectivity index (χ2n) is 5.18. The summed E-state index contributed by atoms with van der Waals surface area (Å²) < 4.78 is 0. The minimum atomic E-state index is 0. The first-order valence-corrected chi connectivity index (χ1v) is 7.54. The molecule has 0 radical (unpaired) electrons. The SMILES string of the molecule is Cc1ccc(CN2CCc3nc(N)sc3CC2)cc1.Cl.Cl. The molecule has 0 fully saturated rings. The van der Waals surface area contributed by atoms with Crippen molar-refractivity contribution < 1.29 is 0 Å². The molecule has 21 heavy (non-hydrogen) atoms. The summed E-state index contributed by atoms with van der Waals surface area (Å²) in [5.74, 6) is 0. The van der Waals surface area contributed by atoms with Gasteiger partial charge < -0.3 is 5.73 Å². The van der Waals surface area contributed by atoms with Gasteiger partial charge in [0.2, 0.25) is 0 Å². The smallest absolute Gasteiger partial charge is 0.180 e. The van der Waals surface area contributed by atoms with Crippen LogP contribution in [0.15, 0.2) is 24.3 Å². The number of anilines is 1. The minimum absolute atomic E-state index is 0. The highest BCUT2D eigenvalue weighted by Gasteiger charge is 2.17. The standard InChI is InChI=1S/C15H19N3S.2ClH/c1-11-2-4-12(5-3-11)10-18-8-6-13-14(7-9-18)19-15(16)17-13;;/h2-5H,6-10H2,1H3,(H2,16,17);2*1H. The summed E-state index contributed by atoms with van der Waals surface area (Å²) in [4.78, 5) is 8.32. The van der Waals surface area contributed by atoms with Crippen LogP contribution in [0.25, 0.3) is 0 Å². The zero-order valence-electron chi connectivity index (χ0n) is 12.0. The lowest BCUT2D eigenvalue weighted by Crippen LogP contribution is -2.26. The van der Waals surface area contributed by atoms with Crippen LogP contribution in [-0.2, 0) is 19.4 Å². The first-order valence-electron chi connectivity index (χ1n) is 6.72. The van der Waals surface area contributed by atoms with Crippen molar-refractivity contribution in [3.63, 3.8) is 0 Å². The molecule has 0 amide bonds. The van der Waals surface area contributed by atoms with Gasteiger partial charge in [0.25, 0.3) is 0 Å². The number of aromatic nitrogens is 1. The molecule has 2 heterocycles. The number of fused-ring (bicyclic) bond motifs is 1. The van der Waals surface area contributed by atoms with E-state index in [0.717, 1.165) is 37.6 Å². The Morgan fingerprint density at radius 3 is 2.52 bits per heavy atom. The van der Waals surface area contributed by atoms with Crippen molar-refractivity contribution in [2.45, 2.75) is 26.3 Å². The molecule has 2 N–H and O–H groups in total. The van der Waals surface area contributed by atoms with Crippen LogP contribution in [0.3, 0.4) is 0 Å². The fourth-order valence-corrected chi connectivity index (χ4v) is 3.41. The molecule has 0 spiro atoms. The molecule has 0 unspecified atom stereocenters. The number of aryl methyl sites for hydroxylation is 1. The van der Waals surface area contributed by atoms with Gasteiger partial charge in [0.05, 0.1) is 5.69 Å². The number of hydrogen-bond donors (Lipinski definition) is 1. The van der Waals surface area contributed by atoms with E-state index in [1.807, 2.05) is 0 Å². The van der Waals surface area contributed by atoms with Gasteiger partial charge in [-0.25, -0.2) is 4.98 Å². The molecule has 0 bridgehead atoms. The van der Waals surface area contributed by atoms with E-state index in [-0.39, 0.29) is 24.8 Å². The van der Waals surface area contributed by atoms with Gasteiger partial charge in [0, 0.05) is 30.9 Å². The Balaban J connectivity index is 0.00000110. The number of halogens is 2. The molecular weight excluding hydrogens is 325 g/mol. The van der Waals surface area contributed by atoms with Crippen LogP contribution in [0, 0.1) is 6.92 Å². The monoisotopic (exact) mass is 345 g/mol. The van der Waals surface area contributed by atoms with Gasteiger partial charge in [0.1, 0.15) is 0 Å². The minimum Gasteiger partial charge on any atom is -0.375 e. The summed E-state index contributed by atoms with van der Waals surface area (Å²) in [6, 6.07) is 8.83. The van der Waals surface area contributed by atoms with Crippen LogP contribution in [0.2, 0.25) is 0 Å². The van der Waals surface area contributed by atoms with Gasteiger partial charge in [-0.3, -0.25) is 4.90 Å². The van der Waals surface area contributed by atoms with Crippen LogP contribution in [0.4, 0.5) is 5.13 Å². The van der Waals surface area contributed by atoms with E-state index < -0.39 is 0 Å². The van der Waals surface area contributed by atoms with Crippen molar-refractivity contribution in [3.05, 3.63) is 46.0 Å². The fraction of sp³-hybridized carbons (Fsp3) is 0.400. The third-order valence-electron chi connectivity index (χ3n) is 3.64. The normalized spacial score (nSPS) is 14.5. The molecule has 0 saturated carbocycles. The van der Waals surface area contributed by atoms with Crippen molar-refractivity contribution in [1.29, 1.82) is 0 Å². The Morgan fingerprint density at radius 2 is 1.81 bits per heavy atom. The number of nitrogens with two attached hydrogens (primary N) is 1. The maximum atomic E-state index is 5.78. The third kappa shape index (κ3) is 4.58. The zero-order valence-corrected chi connectivity index (χ0v) is 14.5. The van der Waals surface area contributed by atoms with E-state index in [2.05, 4.69) is 41.1 Å². The van der Waals surface area contributed by atoms with Gasteiger partial charge >= 0.3 is 0 Å². The van der Waals surface area contributed by atoms with Crippen molar-refractivity contribution in [2.24, 2.45) is 0 Å². The largest absolute Gasteiger partial charge is 0.375 e. The first-order chi connectivity index (χ1) is 9.20. The molecule has 0 atom stereocenters. The lowest BCUT2D eigenvalue weighted by molar-refractivity contribution is 0.279. The topological polar surface area (TPSA) is 42.2 Å². The van der Waals surface area contributed by atoms with Gasteiger partial charge in [0.15, 0.2) is 5.13 Å². The molecule has 6 heteroatoms. The number of hydrogen-bond acceptors (Lipinski definition) is 4. The van der Waals surface area contributed by atoms with Crippen LogP contribution in [-0.4, -0.2) is 23.0 Å². The fourth-order valence-electron chi connectivity index (χ4n) is 2.54. The molecule has 3 nitrogen and oxygen atoms in total. The predicted molar refractivity (Wildman–Crippen MR) is 94.9 cm³/mol. The zero-order chi connectivity index (χ0) is 13.2. The number of nitrogens with zero attached hydrogens (tertiary/aromatic N) is 2. The maximum absolute atomic E-state index is 5.78. The average molecular weight is 346 g/mol. The van der Waals surface area contributed by atoms with Crippen LogP contribution in [0.5, 0.6) is 0 Å². The molecule has 1 aromatic heterocycles. The Bertz CT molecular complexity index is 543. The lowest BCUT2D eigenvalue weighted by Gasteiger charge is -2.19. The van der Waals surface area contributed by atoms with Crippen molar-refractivity contribution in [2.75, 3.05) is 18.8 Å². The highest BCUT2D eigenvalue weighted by molar-refractivity contribution is 7.15. The van der Waals surface area contributed by atoms with E-state index in [1.165, 1.54) is 21.7 Å². The lowest BCUT2D eigenvalue weighted by atomic mass is 10.1. The summed E-state index contributed by atoms with van der Waals surface area (Å²) in [6.45, 7) is 5.33. The summed E-state index contributed by atoms with van der Waals surface area (Å²) in [6.07, 6.45) is 2.10. The molecular formula is C15H21Cl2N3S. The van der Waals surface area contributed by atoms with E-state index in [4.69, 9.17) is 5.73 Å². The molecule has 0 saturated heterocycles. The van der Waals surface area contributed by atoms with Crippen LogP contribution < -0.4 is 5.73 Å². The molecule has 1 aliphatic rings. The third-order valence-corrected chi connectivity index (χ3v) is 4.63. The van der Waals surface area contributed by atoms with Crippen molar-refractivity contribution in [3.8, 4) is 0 Å². The van der Waals surface area contributed by atoms with Gasteiger partial charge in [-0.2, -0.15) is 0 Å². The highest BCUT2D eigenvalue weighted by Crippen LogP contribution is 2.24. The number of nitrogen functional groups attached to an aromatic ring is 1. The Morgan fingerprint density at radius 1 is 1.14 bits per heavy atom. The van der Waals surface area contributed by atoms with Crippen molar-refractivity contribution in [1.82, 2.24) is 9.88 Å². The van der Waals surface area contributed by atoms with Crippen LogP contribution >= 0.6 is 36.2 Å². The van der Waals surface area contributed by atoms with E-state index in [9.17, 15) is 0 Å². The number of thiazole rings is 1. The number of rotatable bonds is 2. The Labute approximate surface area is 142 Å². The molecule has 2 aromatic rings. The predicted octanol–water partition coefficient (Wildman–Crippen LogP) is 3.48. The van der Waals surface area contributed by atoms with E-state index in [1.54, 1.807) is 11.3 Å². The second-order valence-corrected chi connectivity index (χ2v) is 6.30. The van der Waals surface area contributed by atoms with E-state index in [0.29, 0.717) is 0 Å². The van der Waals surface area contributed by atoms with E-state index >= 15 is 0 Å². The number of benzene rings is 1.